The molecule has 1 aromatic carbocycles. The number of nitrogens with one attached hydrogen (secondary N) is 3. The molecule has 2 aromatic rings. The number of benzene rings is 1. The first-order chi connectivity index (χ1) is 8.75. The highest BCUT2D eigenvalue weighted by Gasteiger charge is 2.24. The van der Waals surface area contributed by atoms with Crippen LogP contribution in [0.5, 0.6) is 0 Å². The molecule has 0 unspecified atom stereocenters. The van der Waals surface area contributed by atoms with Crippen LogP contribution in [0, 0.1) is 12.8 Å². The van der Waals surface area contributed by atoms with Gasteiger partial charge in [-0.25, -0.2) is 0 Å². The standard InChI is InChI=1S/C14H17N3O/c1-9-12(8-16-14(18)10-6-15-7-10)11-4-2-3-5-13(11)17-9/h2-5,10,15,17H,6-8H2,1H3,(H,16,18). The topological polar surface area (TPSA) is 56.9 Å². The number of amides is 1. The molecule has 0 saturated carbocycles. The summed E-state index contributed by atoms with van der Waals surface area (Å²) < 4.78 is 0. The van der Waals surface area contributed by atoms with Gasteiger partial charge in [-0.05, 0) is 18.6 Å². The van der Waals surface area contributed by atoms with Crippen LogP contribution >= 0.6 is 0 Å². The lowest BCUT2D eigenvalue weighted by Crippen LogP contribution is -2.50. The van der Waals surface area contributed by atoms with Gasteiger partial charge in [0.25, 0.3) is 0 Å². The Balaban J connectivity index is 1.77. The minimum Gasteiger partial charge on any atom is -0.358 e. The quantitative estimate of drug-likeness (QED) is 0.761. The molecular formula is C14H17N3O. The highest BCUT2D eigenvalue weighted by atomic mass is 16.2. The normalized spacial score (nSPS) is 15.6. The van der Waals surface area contributed by atoms with Crippen molar-refractivity contribution in [3.8, 4) is 0 Å². The lowest BCUT2D eigenvalue weighted by Gasteiger charge is -2.25. The number of carbonyl (C=O) groups excluding carboxylic acids is 1. The van der Waals surface area contributed by atoms with Gasteiger partial charge >= 0.3 is 0 Å². The number of para-hydroxylation sites is 1. The number of H-pyrrole nitrogens is 1. The molecule has 0 aliphatic carbocycles. The number of aryl methyl sites for hydroxylation is 1. The summed E-state index contributed by atoms with van der Waals surface area (Å²) >= 11 is 0. The summed E-state index contributed by atoms with van der Waals surface area (Å²) in [4.78, 5) is 15.2. The molecule has 94 valence electrons. The molecule has 1 amide bonds. The number of fused-ring (bicyclic) bond motifs is 1. The van der Waals surface area contributed by atoms with Gasteiger partial charge in [0.1, 0.15) is 0 Å². The van der Waals surface area contributed by atoms with E-state index in [2.05, 4.69) is 27.8 Å². The Labute approximate surface area is 106 Å². The first-order valence-electron chi connectivity index (χ1n) is 6.30. The highest BCUT2D eigenvalue weighted by molar-refractivity contribution is 5.85. The molecule has 3 N–H and O–H groups in total. The molecule has 0 radical (unpaired) electrons. The SMILES string of the molecule is Cc1[nH]c2ccccc2c1CNC(=O)C1CNC1. The van der Waals surface area contributed by atoms with Crippen molar-refractivity contribution in [2.24, 2.45) is 5.92 Å². The fourth-order valence-corrected chi connectivity index (χ4v) is 2.36. The van der Waals surface area contributed by atoms with E-state index in [4.69, 9.17) is 0 Å². The molecule has 2 heterocycles. The minimum atomic E-state index is 0.149. The van der Waals surface area contributed by atoms with E-state index in [0.717, 1.165) is 24.3 Å². The van der Waals surface area contributed by atoms with Crippen LogP contribution in [0.1, 0.15) is 11.3 Å². The fraction of sp³-hybridized carbons (Fsp3) is 0.357. The molecule has 3 rings (SSSR count). The zero-order chi connectivity index (χ0) is 12.5. The second-order valence-corrected chi connectivity index (χ2v) is 4.85. The summed E-state index contributed by atoms with van der Waals surface area (Å²) in [5, 5.41) is 7.33. The number of rotatable bonds is 3. The molecule has 4 heteroatoms. The van der Waals surface area contributed by atoms with Gasteiger partial charge in [-0.15, -0.1) is 0 Å². The van der Waals surface area contributed by atoms with Crippen LogP contribution in [-0.2, 0) is 11.3 Å². The summed E-state index contributed by atoms with van der Waals surface area (Å²) in [7, 11) is 0. The van der Waals surface area contributed by atoms with Gasteiger partial charge in [0.2, 0.25) is 5.91 Å². The maximum atomic E-state index is 11.8. The fourth-order valence-electron chi connectivity index (χ4n) is 2.36. The Bertz CT molecular complexity index is 584. The zero-order valence-electron chi connectivity index (χ0n) is 10.4. The average molecular weight is 243 g/mol. The number of aromatic amines is 1. The van der Waals surface area contributed by atoms with Crippen molar-refractivity contribution in [1.29, 1.82) is 0 Å². The molecule has 1 aliphatic heterocycles. The number of aromatic nitrogens is 1. The summed E-state index contributed by atoms with van der Waals surface area (Å²) in [6, 6.07) is 8.19. The monoisotopic (exact) mass is 243 g/mol. The summed E-state index contributed by atoms with van der Waals surface area (Å²) in [6.07, 6.45) is 0. The van der Waals surface area contributed by atoms with E-state index in [9.17, 15) is 4.79 Å². The van der Waals surface area contributed by atoms with Crippen LogP contribution < -0.4 is 10.6 Å². The molecule has 0 bridgehead atoms. The molecular weight excluding hydrogens is 226 g/mol. The van der Waals surface area contributed by atoms with Crippen molar-refractivity contribution in [2.75, 3.05) is 13.1 Å². The summed E-state index contributed by atoms with van der Waals surface area (Å²) in [6.45, 7) is 4.26. The number of hydrogen-bond acceptors (Lipinski definition) is 2. The van der Waals surface area contributed by atoms with Gasteiger partial charge in [-0.3, -0.25) is 4.79 Å². The molecule has 1 fully saturated rings. The maximum Gasteiger partial charge on any atom is 0.225 e. The second-order valence-electron chi connectivity index (χ2n) is 4.85. The van der Waals surface area contributed by atoms with Crippen LogP contribution in [0.4, 0.5) is 0 Å². The molecule has 1 aromatic heterocycles. The first kappa shape index (κ1) is 11.3. The molecule has 4 nitrogen and oxygen atoms in total. The van der Waals surface area contributed by atoms with Crippen molar-refractivity contribution in [1.82, 2.24) is 15.6 Å². The van der Waals surface area contributed by atoms with Crippen LogP contribution in [0.15, 0.2) is 24.3 Å². The zero-order valence-corrected chi connectivity index (χ0v) is 10.4. The third-order valence-corrected chi connectivity index (χ3v) is 3.62. The molecule has 0 atom stereocenters. The molecule has 1 saturated heterocycles. The Hall–Kier alpha value is -1.81. The van der Waals surface area contributed by atoms with E-state index < -0.39 is 0 Å². The Morgan fingerprint density at radius 1 is 1.39 bits per heavy atom. The van der Waals surface area contributed by atoms with E-state index in [0.29, 0.717) is 6.54 Å². The first-order valence-corrected chi connectivity index (χ1v) is 6.30. The van der Waals surface area contributed by atoms with E-state index in [1.54, 1.807) is 0 Å². The summed E-state index contributed by atoms with van der Waals surface area (Å²) in [5.41, 5.74) is 3.44. The van der Waals surface area contributed by atoms with E-state index >= 15 is 0 Å². The lowest BCUT2D eigenvalue weighted by molar-refractivity contribution is -0.126. The van der Waals surface area contributed by atoms with E-state index in [-0.39, 0.29) is 11.8 Å². The second kappa shape index (κ2) is 4.46. The van der Waals surface area contributed by atoms with E-state index in [1.807, 2.05) is 19.1 Å². The van der Waals surface area contributed by atoms with Crippen LogP contribution in [-0.4, -0.2) is 24.0 Å². The van der Waals surface area contributed by atoms with Gasteiger partial charge < -0.3 is 15.6 Å². The lowest BCUT2D eigenvalue weighted by atomic mass is 10.0. The molecule has 18 heavy (non-hydrogen) atoms. The van der Waals surface area contributed by atoms with Crippen LogP contribution in [0.3, 0.4) is 0 Å². The highest BCUT2D eigenvalue weighted by Crippen LogP contribution is 2.21. The van der Waals surface area contributed by atoms with Gasteiger partial charge in [0.15, 0.2) is 0 Å². The van der Waals surface area contributed by atoms with Crippen LogP contribution in [0.2, 0.25) is 0 Å². The van der Waals surface area contributed by atoms with Crippen molar-refractivity contribution in [3.05, 3.63) is 35.5 Å². The van der Waals surface area contributed by atoms with Gasteiger partial charge in [0.05, 0.1) is 5.92 Å². The molecule has 1 aliphatic rings. The third kappa shape index (κ3) is 1.88. The average Bonchev–Trinajstić information content (AvgIpc) is 2.60. The van der Waals surface area contributed by atoms with E-state index in [1.165, 1.54) is 10.9 Å². The van der Waals surface area contributed by atoms with Crippen molar-refractivity contribution in [2.45, 2.75) is 13.5 Å². The predicted octanol–water partition coefficient (Wildman–Crippen LogP) is 1.31. The predicted molar refractivity (Wildman–Crippen MR) is 71.2 cm³/mol. The largest absolute Gasteiger partial charge is 0.358 e. The van der Waals surface area contributed by atoms with Crippen LogP contribution in [0.25, 0.3) is 10.9 Å². The number of hydrogen-bond donors (Lipinski definition) is 3. The van der Waals surface area contributed by atoms with Crippen molar-refractivity contribution < 1.29 is 4.79 Å². The third-order valence-electron chi connectivity index (χ3n) is 3.62. The smallest absolute Gasteiger partial charge is 0.225 e. The van der Waals surface area contributed by atoms with Gasteiger partial charge in [0, 0.05) is 36.2 Å². The van der Waals surface area contributed by atoms with Gasteiger partial charge in [-0.1, -0.05) is 18.2 Å². The Morgan fingerprint density at radius 2 is 2.17 bits per heavy atom. The number of carbonyl (C=O) groups is 1. The van der Waals surface area contributed by atoms with Crippen molar-refractivity contribution >= 4 is 16.8 Å². The van der Waals surface area contributed by atoms with Gasteiger partial charge in [-0.2, -0.15) is 0 Å². The summed E-state index contributed by atoms with van der Waals surface area (Å²) in [5.74, 6) is 0.300. The maximum absolute atomic E-state index is 11.8. The van der Waals surface area contributed by atoms with Crippen molar-refractivity contribution in [3.63, 3.8) is 0 Å². The Kier molecular flexibility index (Phi) is 2.80. The minimum absolute atomic E-state index is 0.149. The molecule has 0 spiro atoms. The Morgan fingerprint density at radius 3 is 2.89 bits per heavy atom.